The van der Waals surface area contributed by atoms with Gasteiger partial charge in [0.2, 0.25) is 5.91 Å². The fourth-order valence-electron chi connectivity index (χ4n) is 2.02. The largest absolute Gasteiger partial charge is 0.353 e. The highest BCUT2D eigenvalue weighted by molar-refractivity contribution is 7.18. The number of nitrogens with one attached hydrogen (secondary N) is 2. The van der Waals surface area contributed by atoms with Gasteiger partial charge in [-0.1, -0.05) is 0 Å². The molecule has 18 heavy (non-hydrogen) atoms. The SMILES string of the molecule is O=C1NCCNC1Cc1nc2cc(F)ccc2s1. The van der Waals surface area contributed by atoms with Crippen LogP contribution in [0.15, 0.2) is 18.2 Å². The summed E-state index contributed by atoms with van der Waals surface area (Å²) in [6.07, 6.45) is 0.548. The van der Waals surface area contributed by atoms with Crippen LogP contribution in [0.25, 0.3) is 10.2 Å². The van der Waals surface area contributed by atoms with Gasteiger partial charge < -0.3 is 10.6 Å². The Morgan fingerprint density at radius 2 is 2.33 bits per heavy atom. The van der Waals surface area contributed by atoms with Gasteiger partial charge in [-0.15, -0.1) is 11.3 Å². The van der Waals surface area contributed by atoms with Crippen molar-refractivity contribution in [1.82, 2.24) is 15.6 Å². The summed E-state index contributed by atoms with van der Waals surface area (Å²) in [6.45, 7) is 1.44. The van der Waals surface area contributed by atoms with Crippen LogP contribution >= 0.6 is 11.3 Å². The molecule has 2 N–H and O–H groups in total. The van der Waals surface area contributed by atoms with E-state index in [9.17, 15) is 9.18 Å². The maximum atomic E-state index is 13.1. The normalized spacial score (nSPS) is 20.1. The van der Waals surface area contributed by atoms with Crippen molar-refractivity contribution in [2.75, 3.05) is 13.1 Å². The summed E-state index contributed by atoms with van der Waals surface area (Å²) in [6, 6.07) is 4.34. The van der Waals surface area contributed by atoms with Gasteiger partial charge in [-0.3, -0.25) is 4.79 Å². The summed E-state index contributed by atoms with van der Waals surface area (Å²) in [5, 5.41) is 6.82. The smallest absolute Gasteiger partial charge is 0.237 e. The first-order valence-electron chi connectivity index (χ1n) is 5.78. The number of rotatable bonds is 2. The molecule has 3 rings (SSSR count). The average molecular weight is 265 g/mol. The lowest BCUT2D eigenvalue weighted by Crippen LogP contribution is -2.53. The Morgan fingerprint density at radius 3 is 3.17 bits per heavy atom. The predicted molar refractivity (Wildman–Crippen MR) is 68.1 cm³/mol. The molecule has 1 aliphatic rings. The van der Waals surface area contributed by atoms with E-state index in [0.29, 0.717) is 18.5 Å². The Bertz CT molecular complexity index is 598. The number of aromatic nitrogens is 1. The third kappa shape index (κ3) is 2.21. The van der Waals surface area contributed by atoms with E-state index < -0.39 is 0 Å². The highest BCUT2D eigenvalue weighted by Crippen LogP contribution is 2.23. The number of hydrogen-bond acceptors (Lipinski definition) is 4. The highest BCUT2D eigenvalue weighted by atomic mass is 32.1. The monoisotopic (exact) mass is 265 g/mol. The number of carbonyl (C=O) groups excluding carboxylic acids is 1. The maximum absolute atomic E-state index is 13.1. The third-order valence-electron chi connectivity index (χ3n) is 2.90. The molecule has 0 bridgehead atoms. The van der Waals surface area contributed by atoms with Crippen molar-refractivity contribution in [2.45, 2.75) is 12.5 Å². The lowest BCUT2D eigenvalue weighted by molar-refractivity contribution is -0.124. The van der Waals surface area contributed by atoms with E-state index in [1.54, 1.807) is 6.07 Å². The number of piperazine rings is 1. The molecule has 0 spiro atoms. The fraction of sp³-hybridized carbons (Fsp3) is 0.333. The minimum absolute atomic E-state index is 0.00619. The molecule has 1 atom stereocenters. The Hall–Kier alpha value is -1.53. The molecule has 0 aliphatic carbocycles. The molecule has 1 aliphatic heterocycles. The van der Waals surface area contributed by atoms with Gasteiger partial charge in [-0.2, -0.15) is 0 Å². The second kappa shape index (κ2) is 4.62. The molecular weight excluding hydrogens is 253 g/mol. The molecule has 4 nitrogen and oxygen atoms in total. The number of halogens is 1. The van der Waals surface area contributed by atoms with E-state index in [-0.39, 0.29) is 17.8 Å². The molecule has 6 heteroatoms. The van der Waals surface area contributed by atoms with E-state index in [2.05, 4.69) is 15.6 Å². The van der Waals surface area contributed by atoms with Crippen LogP contribution in [0.2, 0.25) is 0 Å². The number of hydrogen-bond donors (Lipinski definition) is 2. The third-order valence-corrected chi connectivity index (χ3v) is 3.96. The predicted octanol–water partition coefficient (Wildman–Crippen LogP) is 1.07. The lowest BCUT2D eigenvalue weighted by atomic mass is 10.1. The molecule has 1 amide bonds. The number of nitrogens with zero attached hydrogens (tertiary/aromatic N) is 1. The van der Waals surface area contributed by atoms with Gasteiger partial charge in [0.1, 0.15) is 5.82 Å². The summed E-state index contributed by atoms with van der Waals surface area (Å²) in [7, 11) is 0. The summed E-state index contributed by atoms with van der Waals surface area (Å²) in [5.74, 6) is -0.278. The van der Waals surface area contributed by atoms with Crippen LogP contribution in [0.5, 0.6) is 0 Å². The maximum Gasteiger partial charge on any atom is 0.237 e. The Labute approximate surface area is 107 Å². The van der Waals surface area contributed by atoms with Crippen LogP contribution in [-0.2, 0) is 11.2 Å². The van der Waals surface area contributed by atoms with Crippen molar-refractivity contribution in [3.05, 3.63) is 29.0 Å². The average Bonchev–Trinajstić information content (AvgIpc) is 2.73. The second-order valence-electron chi connectivity index (χ2n) is 4.22. The van der Waals surface area contributed by atoms with E-state index in [1.807, 2.05) is 0 Å². The number of carbonyl (C=O) groups is 1. The summed E-state index contributed by atoms with van der Waals surface area (Å²) in [5.41, 5.74) is 0.659. The minimum atomic E-state index is -0.284. The van der Waals surface area contributed by atoms with Crippen molar-refractivity contribution in [3.63, 3.8) is 0 Å². The molecular formula is C12H12FN3OS. The number of thiazole rings is 1. The Morgan fingerprint density at radius 1 is 1.44 bits per heavy atom. The lowest BCUT2D eigenvalue weighted by Gasteiger charge is -2.22. The van der Waals surface area contributed by atoms with Crippen molar-refractivity contribution >= 4 is 27.5 Å². The van der Waals surface area contributed by atoms with Gasteiger partial charge in [0.25, 0.3) is 0 Å². The fourth-order valence-corrected chi connectivity index (χ4v) is 3.02. The van der Waals surface area contributed by atoms with E-state index in [0.717, 1.165) is 16.3 Å². The second-order valence-corrected chi connectivity index (χ2v) is 5.34. The van der Waals surface area contributed by atoms with Crippen molar-refractivity contribution < 1.29 is 9.18 Å². The van der Waals surface area contributed by atoms with Gasteiger partial charge in [0.15, 0.2) is 0 Å². The summed E-state index contributed by atoms with van der Waals surface area (Å²) in [4.78, 5) is 16.0. The number of fused-ring (bicyclic) bond motifs is 1. The van der Waals surface area contributed by atoms with Gasteiger partial charge in [-0.05, 0) is 12.1 Å². The molecule has 1 aromatic heterocycles. The number of benzene rings is 1. The van der Waals surface area contributed by atoms with E-state index >= 15 is 0 Å². The quantitative estimate of drug-likeness (QED) is 0.854. The summed E-state index contributed by atoms with van der Waals surface area (Å²) >= 11 is 1.50. The Balaban J connectivity index is 1.84. The topological polar surface area (TPSA) is 54.0 Å². The molecule has 1 unspecified atom stereocenters. The van der Waals surface area contributed by atoms with Gasteiger partial charge in [0.05, 0.1) is 21.3 Å². The molecule has 2 heterocycles. The van der Waals surface area contributed by atoms with E-state index in [1.165, 1.54) is 23.5 Å². The van der Waals surface area contributed by atoms with Crippen LogP contribution in [0.3, 0.4) is 0 Å². The van der Waals surface area contributed by atoms with Gasteiger partial charge >= 0.3 is 0 Å². The van der Waals surface area contributed by atoms with Crippen LogP contribution in [0.4, 0.5) is 4.39 Å². The van der Waals surface area contributed by atoms with E-state index in [4.69, 9.17) is 0 Å². The zero-order valence-corrected chi connectivity index (χ0v) is 10.4. The van der Waals surface area contributed by atoms with Crippen molar-refractivity contribution in [3.8, 4) is 0 Å². The Kier molecular flexibility index (Phi) is 2.97. The molecule has 2 aromatic rings. The van der Waals surface area contributed by atoms with Gasteiger partial charge in [-0.25, -0.2) is 9.37 Å². The van der Waals surface area contributed by atoms with Gasteiger partial charge in [0, 0.05) is 25.6 Å². The molecule has 1 saturated heterocycles. The molecule has 94 valence electrons. The highest BCUT2D eigenvalue weighted by Gasteiger charge is 2.22. The standard InChI is InChI=1S/C12H12FN3OS/c13-7-1-2-10-8(5-7)16-11(18-10)6-9-12(17)15-4-3-14-9/h1-2,5,9,14H,3-4,6H2,(H,15,17). The molecule has 1 aromatic carbocycles. The van der Waals surface area contributed by atoms with Crippen LogP contribution < -0.4 is 10.6 Å². The van der Waals surface area contributed by atoms with Crippen LogP contribution in [-0.4, -0.2) is 30.0 Å². The minimum Gasteiger partial charge on any atom is -0.353 e. The van der Waals surface area contributed by atoms with Crippen LogP contribution in [0, 0.1) is 5.82 Å². The molecule has 1 fully saturated rings. The molecule has 0 saturated carbocycles. The zero-order valence-electron chi connectivity index (χ0n) is 9.57. The first-order valence-corrected chi connectivity index (χ1v) is 6.60. The first-order chi connectivity index (χ1) is 8.72. The van der Waals surface area contributed by atoms with Crippen LogP contribution in [0.1, 0.15) is 5.01 Å². The number of amides is 1. The first kappa shape index (κ1) is 11.6. The van der Waals surface area contributed by atoms with Crippen molar-refractivity contribution in [1.29, 1.82) is 0 Å². The van der Waals surface area contributed by atoms with Crippen molar-refractivity contribution in [2.24, 2.45) is 0 Å². The molecule has 0 radical (unpaired) electrons. The zero-order chi connectivity index (χ0) is 12.5. The summed E-state index contributed by atoms with van der Waals surface area (Å²) < 4.78 is 14.0.